The Morgan fingerprint density at radius 1 is 0.500 bits per heavy atom. The van der Waals surface area contributed by atoms with Crippen molar-refractivity contribution in [3.63, 3.8) is 0 Å². The lowest BCUT2D eigenvalue weighted by atomic mass is 9.89. The quantitative estimate of drug-likeness (QED) is 0.160. The summed E-state index contributed by atoms with van der Waals surface area (Å²) in [6.45, 7) is 7.95. The highest BCUT2D eigenvalue weighted by Crippen LogP contribution is 2.48. The van der Waals surface area contributed by atoms with Crippen molar-refractivity contribution in [1.82, 2.24) is 5.06 Å². The number of hydrogen-bond donors (Lipinski definition) is 0. The maximum atomic E-state index is 13.0. The van der Waals surface area contributed by atoms with E-state index in [9.17, 15) is 5.21 Å². The molecule has 1 heterocycles. The Bertz CT molecular complexity index is 1780. The molecule has 0 atom stereocenters. The van der Waals surface area contributed by atoms with Crippen molar-refractivity contribution in [2.75, 3.05) is 0 Å². The third kappa shape index (κ3) is 3.79. The number of nitrogens with zero attached hydrogens (tertiary/aromatic N) is 1. The standard InChI is InChI=1S/C36H28NO/c1-35(2)33-23-20-26(24-34(33)36(3,4)37(35)38)19-22-32-29-16-10-8-14-27(29)31(28-15-9-11-17-30(28)32)21-18-25-12-6-5-7-13-25/h5-17,20,23-24H,1-4H3. The number of benzene rings is 5. The average Bonchev–Trinajstić information content (AvgIpc) is 3.07. The van der Waals surface area contributed by atoms with Gasteiger partial charge in [-0.1, -0.05) is 96.5 Å². The van der Waals surface area contributed by atoms with Crippen molar-refractivity contribution >= 4 is 21.5 Å². The van der Waals surface area contributed by atoms with Crippen molar-refractivity contribution in [2.24, 2.45) is 0 Å². The van der Waals surface area contributed by atoms with Gasteiger partial charge >= 0.3 is 0 Å². The van der Waals surface area contributed by atoms with Crippen LogP contribution in [0.2, 0.25) is 0 Å². The highest BCUT2D eigenvalue weighted by atomic mass is 16.5. The van der Waals surface area contributed by atoms with Crippen molar-refractivity contribution in [1.29, 1.82) is 0 Å². The van der Waals surface area contributed by atoms with Crippen LogP contribution in [0.25, 0.3) is 21.5 Å². The summed E-state index contributed by atoms with van der Waals surface area (Å²) in [5.41, 5.74) is 4.86. The molecule has 5 aromatic rings. The van der Waals surface area contributed by atoms with Crippen LogP contribution in [-0.4, -0.2) is 5.06 Å². The first-order valence-electron chi connectivity index (χ1n) is 12.9. The van der Waals surface area contributed by atoms with Gasteiger partial charge in [-0.15, -0.1) is 10.3 Å². The first-order valence-corrected chi connectivity index (χ1v) is 12.9. The van der Waals surface area contributed by atoms with Gasteiger partial charge in [-0.25, -0.2) is 0 Å². The zero-order valence-corrected chi connectivity index (χ0v) is 22.1. The van der Waals surface area contributed by atoms with Gasteiger partial charge < -0.3 is 0 Å². The molecule has 0 bridgehead atoms. The summed E-state index contributed by atoms with van der Waals surface area (Å²) in [5.74, 6) is 13.7. The molecule has 183 valence electrons. The van der Waals surface area contributed by atoms with E-state index >= 15 is 0 Å². The van der Waals surface area contributed by atoms with Gasteiger partial charge in [0.2, 0.25) is 0 Å². The molecule has 0 amide bonds. The summed E-state index contributed by atoms with van der Waals surface area (Å²) >= 11 is 0. The fourth-order valence-electron chi connectivity index (χ4n) is 5.77. The molecule has 6 rings (SSSR count). The Morgan fingerprint density at radius 3 is 1.47 bits per heavy atom. The molecule has 5 aromatic carbocycles. The molecule has 0 aromatic heterocycles. The minimum atomic E-state index is -0.602. The molecule has 0 N–H and O–H groups in total. The van der Waals surface area contributed by atoms with Crippen LogP contribution < -0.4 is 0 Å². The van der Waals surface area contributed by atoms with Crippen molar-refractivity contribution in [3.05, 3.63) is 130 Å². The summed E-state index contributed by atoms with van der Waals surface area (Å²) in [6.07, 6.45) is 0. The highest BCUT2D eigenvalue weighted by molar-refractivity contribution is 6.09. The average molecular weight is 491 g/mol. The molecular formula is C36H28NO. The molecule has 0 unspecified atom stereocenters. The summed E-state index contributed by atoms with van der Waals surface area (Å²) in [5, 5.41) is 18.6. The molecular weight excluding hydrogens is 462 g/mol. The third-order valence-electron chi connectivity index (χ3n) is 7.72. The fourth-order valence-corrected chi connectivity index (χ4v) is 5.77. The molecule has 1 aliphatic rings. The van der Waals surface area contributed by atoms with Crippen LogP contribution in [0, 0.1) is 23.7 Å². The second-order valence-electron chi connectivity index (χ2n) is 10.9. The van der Waals surface area contributed by atoms with Crippen LogP contribution in [0.4, 0.5) is 0 Å². The molecule has 0 spiro atoms. The molecule has 0 saturated heterocycles. The zero-order valence-electron chi connectivity index (χ0n) is 22.1. The van der Waals surface area contributed by atoms with Gasteiger partial charge in [-0.05, 0) is 84.6 Å². The van der Waals surface area contributed by atoms with Crippen molar-refractivity contribution < 1.29 is 5.21 Å². The van der Waals surface area contributed by atoms with E-state index in [-0.39, 0.29) is 0 Å². The number of rotatable bonds is 0. The van der Waals surface area contributed by atoms with Crippen LogP contribution in [0.1, 0.15) is 61.1 Å². The molecule has 2 heteroatoms. The SMILES string of the molecule is CC1(C)c2ccc(C#Cc3c4ccccc4c(C#Cc4ccccc4)c4ccccc34)cc2C(C)(C)N1[O]. The first kappa shape index (κ1) is 24.0. The van der Waals surface area contributed by atoms with Gasteiger partial charge in [0.15, 0.2) is 0 Å². The molecule has 0 fully saturated rings. The van der Waals surface area contributed by atoms with Crippen LogP contribution in [0.3, 0.4) is 0 Å². The number of fused-ring (bicyclic) bond motifs is 3. The van der Waals surface area contributed by atoms with E-state index in [4.69, 9.17) is 0 Å². The predicted molar refractivity (Wildman–Crippen MR) is 155 cm³/mol. The van der Waals surface area contributed by atoms with Crippen LogP contribution in [0.5, 0.6) is 0 Å². The normalized spacial score (nSPS) is 15.4. The highest BCUT2D eigenvalue weighted by Gasteiger charge is 2.49. The van der Waals surface area contributed by atoms with Gasteiger partial charge in [0.25, 0.3) is 0 Å². The summed E-state index contributed by atoms with van der Waals surface area (Å²) in [7, 11) is 0. The van der Waals surface area contributed by atoms with Crippen LogP contribution >= 0.6 is 0 Å². The van der Waals surface area contributed by atoms with Gasteiger partial charge in [0.1, 0.15) is 0 Å². The lowest BCUT2D eigenvalue weighted by Gasteiger charge is -2.32. The topological polar surface area (TPSA) is 23.1 Å². The molecule has 2 nitrogen and oxygen atoms in total. The van der Waals surface area contributed by atoms with E-state index in [2.05, 4.69) is 84.3 Å². The summed E-state index contributed by atoms with van der Waals surface area (Å²) in [6, 6.07) is 33.0. The van der Waals surface area contributed by atoms with Gasteiger partial charge in [-0.3, -0.25) is 0 Å². The smallest absolute Gasteiger partial charge is 0.0699 e. The maximum absolute atomic E-state index is 13.0. The summed E-state index contributed by atoms with van der Waals surface area (Å²) < 4.78 is 0. The predicted octanol–water partition coefficient (Wildman–Crippen LogP) is 7.92. The van der Waals surface area contributed by atoms with E-state index < -0.39 is 11.1 Å². The van der Waals surface area contributed by atoms with E-state index in [0.717, 1.165) is 54.9 Å². The van der Waals surface area contributed by atoms with E-state index in [0.29, 0.717) is 0 Å². The Balaban J connectivity index is 1.54. The van der Waals surface area contributed by atoms with Crippen LogP contribution in [0.15, 0.2) is 97.1 Å². The molecule has 0 saturated carbocycles. The Morgan fingerprint density at radius 2 is 0.947 bits per heavy atom. The molecule has 0 aliphatic carbocycles. The molecule has 1 radical (unpaired) electrons. The Hall–Kier alpha value is -4.34. The largest absolute Gasteiger partial charge is 0.135 e. The Kier molecular flexibility index (Phi) is 5.62. The monoisotopic (exact) mass is 490 g/mol. The lowest BCUT2D eigenvalue weighted by molar-refractivity contribution is -0.266. The van der Waals surface area contributed by atoms with Crippen LogP contribution in [-0.2, 0) is 16.3 Å². The van der Waals surface area contributed by atoms with E-state index in [1.54, 1.807) is 0 Å². The zero-order chi connectivity index (χ0) is 26.5. The van der Waals surface area contributed by atoms with E-state index in [1.165, 1.54) is 5.06 Å². The van der Waals surface area contributed by atoms with Gasteiger partial charge in [0, 0.05) is 22.3 Å². The lowest BCUT2D eigenvalue weighted by Crippen LogP contribution is -2.41. The van der Waals surface area contributed by atoms with Crippen molar-refractivity contribution in [3.8, 4) is 23.7 Å². The molecule has 38 heavy (non-hydrogen) atoms. The van der Waals surface area contributed by atoms with Gasteiger partial charge in [0.05, 0.1) is 11.1 Å². The van der Waals surface area contributed by atoms with E-state index in [1.807, 2.05) is 64.1 Å². The van der Waals surface area contributed by atoms with Gasteiger partial charge in [-0.2, -0.15) is 0 Å². The minimum Gasteiger partial charge on any atom is -0.135 e. The summed E-state index contributed by atoms with van der Waals surface area (Å²) in [4.78, 5) is 0. The fraction of sp³-hybridized carbons (Fsp3) is 0.167. The number of hydroxylamine groups is 2. The van der Waals surface area contributed by atoms with Crippen molar-refractivity contribution in [2.45, 2.75) is 38.8 Å². The minimum absolute atomic E-state index is 0.562. The maximum Gasteiger partial charge on any atom is 0.0699 e. The molecule has 1 aliphatic heterocycles. The third-order valence-corrected chi connectivity index (χ3v) is 7.72. The second kappa shape index (κ2) is 8.90. The first-order chi connectivity index (χ1) is 18.3. The Labute approximate surface area is 224 Å². The second-order valence-corrected chi connectivity index (χ2v) is 10.9. The number of hydrogen-bond acceptors (Lipinski definition) is 1.